The van der Waals surface area contributed by atoms with Gasteiger partial charge in [0.2, 0.25) is 17.5 Å². The molecule has 1 amide bonds. The number of methoxy groups -OCH3 is 3. The number of amides is 1. The predicted molar refractivity (Wildman–Crippen MR) is 116 cm³/mol. The quantitative estimate of drug-likeness (QED) is 0.430. The number of rotatable bonds is 9. The van der Waals surface area contributed by atoms with Gasteiger partial charge in [0.05, 0.1) is 38.0 Å². The Labute approximate surface area is 187 Å². The lowest BCUT2D eigenvalue weighted by Gasteiger charge is -2.15. The monoisotopic (exact) mass is 469 g/mol. The number of thiophene rings is 1. The molecule has 0 aliphatic heterocycles. The third-order valence-corrected chi connectivity index (χ3v) is 6.10. The normalized spacial score (nSPS) is 10.7. The molecule has 8 nitrogen and oxygen atoms in total. The average molecular weight is 470 g/mol. The lowest BCUT2D eigenvalue weighted by molar-refractivity contribution is -0.127. The van der Waals surface area contributed by atoms with Gasteiger partial charge in [0, 0.05) is 17.5 Å². The molecule has 30 heavy (non-hydrogen) atoms. The molecular weight excluding hydrogens is 450 g/mol. The molecule has 1 aromatic carbocycles. The molecule has 0 radical (unpaired) electrons. The molecule has 0 aliphatic carbocycles. The molecule has 11 heteroatoms. The van der Waals surface area contributed by atoms with Gasteiger partial charge < -0.3 is 23.5 Å². The summed E-state index contributed by atoms with van der Waals surface area (Å²) in [6, 6.07) is 7.16. The average Bonchev–Trinajstić information content (AvgIpc) is 3.39. The first-order chi connectivity index (χ1) is 14.4. The van der Waals surface area contributed by atoms with Gasteiger partial charge in [0.15, 0.2) is 11.5 Å². The van der Waals surface area contributed by atoms with E-state index in [1.807, 2.05) is 12.1 Å². The highest BCUT2D eigenvalue weighted by molar-refractivity contribution is 7.99. The fraction of sp³-hybridized carbons (Fsp3) is 0.316. The summed E-state index contributed by atoms with van der Waals surface area (Å²) in [4.78, 5) is 15.0. The van der Waals surface area contributed by atoms with Crippen molar-refractivity contribution >= 4 is 40.6 Å². The SMILES string of the molecule is COc1cc(-c2nnc(SCC(=O)N(C)Cc3ccc(Cl)s3)o2)cc(OC)c1OC. The van der Waals surface area contributed by atoms with E-state index in [1.165, 1.54) is 44.4 Å². The highest BCUT2D eigenvalue weighted by Crippen LogP contribution is 2.41. The zero-order valence-electron chi connectivity index (χ0n) is 16.8. The minimum absolute atomic E-state index is 0.0583. The van der Waals surface area contributed by atoms with Crippen molar-refractivity contribution in [3.63, 3.8) is 0 Å². The molecule has 0 bridgehead atoms. The summed E-state index contributed by atoms with van der Waals surface area (Å²) in [5, 5.41) is 8.36. The number of hydrogen-bond donors (Lipinski definition) is 0. The molecule has 0 N–H and O–H groups in total. The van der Waals surface area contributed by atoms with E-state index in [0.717, 1.165) is 4.88 Å². The third kappa shape index (κ3) is 5.18. The summed E-state index contributed by atoms with van der Waals surface area (Å²) < 4.78 is 22.4. The summed E-state index contributed by atoms with van der Waals surface area (Å²) in [5.41, 5.74) is 0.613. The van der Waals surface area contributed by atoms with Crippen LogP contribution in [0.25, 0.3) is 11.5 Å². The molecule has 0 fully saturated rings. The second-order valence-corrected chi connectivity index (χ2v) is 8.76. The van der Waals surface area contributed by atoms with Crippen molar-refractivity contribution in [2.75, 3.05) is 34.1 Å². The fourth-order valence-corrected chi connectivity index (χ4v) is 4.43. The Kier molecular flexibility index (Phi) is 7.46. The van der Waals surface area contributed by atoms with Crippen LogP contribution in [0.1, 0.15) is 4.88 Å². The van der Waals surface area contributed by atoms with Gasteiger partial charge in [0.25, 0.3) is 5.22 Å². The van der Waals surface area contributed by atoms with Crippen molar-refractivity contribution in [2.24, 2.45) is 0 Å². The van der Waals surface area contributed by atoms with Gasteiger partial charge in [-0.25, -0.2) is 0 Å². The molecule has 2 heterocycles. The van der Waals surface area contributed by atoms with Crippen LogP contribution in [0, 0.1) is 0 Å². The minimum atomic E-state index is -0.0583. The van der Waals surface area contributed by atoms with Crippen LogP contribution in [-0.4, -0.2) is 55.1 Å². The lowest BCUT2D eigenvalue weighted by atomic mass is 10.2. The minimum Gasteiger partial charge on any atom is -0.493 e. The molecular formula is C19H20ClN3O5S2. The summed E-state index contributed by atoms with van der Waals surface area (Å²) >= 11 is 8.56. The van der Waals surface area contributed by atoms with Crippen molar-refractivity contribution in [1.82, 2.24) is 15.1 Å². The Hall–Kier alpha value is -2.43. The Balaban J connectivity index is 1.65. The first-order valence-electron chi connectivity index (χ1n) is 8.70. The smallest absolute Gasteiger partial charge is 0.277 e. The van der Waals surface area contributed by atoms with Crippen LogP contribution in [-0.2, 0) is 11.3 Å². The van der Waals surface area contributed by atoms with Crippen molar-refractivity contribution in [1.29, 1.82) is 0 Å². The van der Waals surface area contributed by atoms with E-state index in [0.29, 0.717) is 38.9 Å². The Morgan fingerprint density at radius 3 is 2.43 bits per heavy atom. The first kappa shape index (κ1) is 22.3. The van der Waals surface area contributed by atoms with E-state index in [1.54, 1.807) is 24.1 Å². The van der Waals surface area contributed by atoms with Gasteiger partial charge in [0.1, 0.15) is 0 Å². The van der Waals surface area contributed by atoms with Crippen molar-refractivity contribution in [2.45, 2.75) is 11.8 Å². The second kappa shape index (κ2) is 10.1. The number of ether oxygens (including phenoxy) is 3. The summed E-state index contributed by atoms with van der Waals surface area (Å²) in [6.07, 6.45) is 0. The molecule has 160 valence electrons. The van der Waals surface area contributed by atoms with Crippen LogP contribution in [0.15, 0.2) is 33.9 Å². The van der Waals surface area contributed by atoms with E-state index in [-0.39, 0.29) is 17.6 Å². The summed E-state index contributed by atoms with van der Waals surface area (Å²) in [6.45, 7) is 0.497. The van der Waals surface area contributed by atoms with Gasteiger partial charge in [-0.3, -0.25) is 4.79 Å². The fourth-order valence-electron chi connectivity index (χ4n) is 2.58. The van der Waals surface area contributed by atoms with E-state index >= 15 is 0 Å². The first-order valence-corrected chi connectivity index (χ1v) is 10.9. The van der Waals surface area contributed by atoms with E-state index in [4.69, 9.17) is 30.2 Å². The van der Waals surface area contributed by atoms with E-state index in [9.17, 15) is 4.79 Å². The Morgan fingerprint density at radius 1 is 1.17 bits per heavy atom. The van der Waals surface area contributed by atoms with Crippen molar-refractivity contribution in [3.05, 3.63) is 33.5 Å². The van der Waals surface area contributed by atoms with Crippen LogP contribution >= 0.6 is 34.7 Å². The Bertz CT molecular complexity index is 998. The second-order valence-electron chi connectivity index (χ2n) is 6.03. The maximum atomic E-state index is 12.4. The van der Waals surface area contributed by atoms with Crippen LogP contribution in [0.2, 0.25) is 4.34 Å². The number of hydrogen-bond acceptors (Lipinski definition) is 9. The predicted octanol–water partition coefficient (Wildman–Crippen LogP) is 4.23. The molecule has 0 aliphatic rings. The van der Waals surface area contributed by atoms with Crippen molar-refractivity contribution in [3.8, 4) is 28.7 Å². The molecule has 2 aromatic heterocycles. The van der Waals surface area contributed by atoms with Gasteiger partial charge in [-0.2, -0.15) is 0 Å². The number of benzene rings is 1. The van der Waals surface area contributed by atoms with Crippen LogP contribution in [0.3, 0.4) is 0 Å². The number of carbonyl (C=O) groups is 1. The zero-order chi connectivity index (χ0) is 21.7. The maximum Gasteiger partial charge on any atom is 0.277 e. The molecule has 0 spiro atoms. The molecule has 0 saturated carbocycles. The van der Waals surface area contributed by atoms with Crippen molar-refractivity contribution < 1.29 is 23.4 Å². The molecule has 3 aromatic rings. The van der Waals surface area contributed by atoms with Gasteiger partial charge in [-0.15, -0.1) is 21.5 Å². The van der Waals surface area contributed by atoms with Crippen LogP contribution in [0.5, 0.6) is 17.2 Å². The number of halogens is 1. The standard InChI is InChI=1S/C19H20ClN3O5S2/c1-23(9-12-5-6-15(20)30-12)16(24)10-29-19-22-21-18(28-19)11-7-13(25-2)17(27-4)14(8-11)26-3/h5-8H,9-10H2,1-4H3. The molecule has 0 saturated heterocycles. The number of nitrogens with zero attached hydrogens (tertiary/aromatic N) is 3. The number of carbonyl (C=O) groups excluding carboxylic acids is 1. The topological polar surface area (TPSA) is 86.9 Å². The van der Waals surface area contributed by atoms with E-state index < -0.39 is 0 Å². The highest BCUT2D eigenvalue weighted by Gasteiger charge is 2.19. The lowest BCUT2D eigenvalue weighted by Crippen LogP contribution is -2.27. The third-order valence-electron chi connectivity index (χ3n) is 4.08. The van der Waals surface area contributed by atoms with E-state index in [2.05, 4.69) is 10.2 Å². The largest absolute Gasteiger partial charge is 0.493 e. The zero-order valence-corrected chi connectivity index (χ0v) is 19.2. The Morgan fingerprint density at radius 2 is 1.87 bits per heavy atom. The number of aromatic nitrogens is 2. The van der Waals surface area contributed by atoms with Crippen LogP contribution < -0.4 is 14.2 Å². The summed E-state index contributed by atoms with van der Waals surface area (Å²) in [7, 11) is 6.33. The molecule has 0 atom stereocenters. The summed E-state index contributed by atoms with van der Waals surface area (Å²) in [5.74, 6) is 1.82. The molecule has 3 rings (SSSR count). The van der Waals surface area contributed by atoms with Gasteiger partial charge >= 0.3 is 0 Å². The number of thioether (sulfide) groups is 1. The van der Waals surface area contributed by atoms with Gasteiger partial charge in [-0.05, 0) is 24.3 Å². The highest BCUT2D eigenvalue weighted by atomic mass is 35.5. The maximum absolute atomic E-state index is 12.4. The van der Waals surface area contributed by atoms with Crippen LogP contribution in [0.4, 0.5) is 0 Å². The molecule has 0 unspecified atom stereocenters. The van der Waals surface area contributed by atoms with Gasteiger partial charge in [-0.1, -0.05) is 23.4 Å².